The van der Waals surface area contributed by atoms with Gasteiger partial charge in [0.25, 0.3) is 0 Å². The van der Waals surface area contributed by atoms with Crippen LogP contribution in [0.4, 0.5) is 0 Å². The first-order valence-electron chi connectivity index (χ1n) is 11.4. The largest absolute Gasteiger partial charge is 2.00 e. The van der Waals surface area contributed by atoms with Crippen LogP contribution in [-0.4, -0.2) is 66.2 Å². The molecular formula is C28H22MnN2O14+2. The van der Waals surface area contributed by atoms with Gasteiger partial charge in [0.2, 0.25) is 0 Å². The number of carboxylic acid groups (broad SMARTS) is 6. The summed E-state index contributed by atoms with van der Waals surface area (Å²) in [4.78, 5) is 72.7. The summed E-state index contributed by atoms with van der Waals surface area (Å²) in [5.74, 6) is -7.96. The summed E-state index contributed by atoms with van der Waals surface area (Å²) in [6, 6.07) is 12.4. The molecule has 1 radical (unpaired) electrons. The fraction of sp³-hybridized carbons (Fsp3) is 0. The van der Waals surface area contributed by atoms with E-state index in [1.807, 2.05) is 0 Å². The van der Waals surface area contributed by atoms with Crippen LogP contribution in [0.2, 0.25) is 0 Å². The molecule has 2 aromatic carbocycles. The molecule has 45 heavy (non-hydrogen) atoms. The van der Waals surface area contributed by atoms with Crippen LogP contribution in [0.25, 0.3) is 22.3 Å². The van der Waals surface area contributed by atoms with Gasteiger partial charge in [-0.05, 0) is 47.5 Å². The van der Waals surface area contributed by atoms with E-state index in [1.54, 1.807) is 0 Å². The Balaban J connectivity index is 0.000000807. The molecule has 233 valence electrons. The number of hydrogen-bond donors (Lipinski definition) is 4. The van der Waals surface area contributed by atoms with Crippen molar-refractivity contribution in [1.29, 1.82) is 0 Å². The maximum Gasteiger partial charge on any atom is 2.00 e. The minimum Gasteiger partial charge on any atom is -0.543 e. The van der Waals surface area contributed by atoms with Crippen molar-refractivity contribution in [2.45, 2.75) is 0 Å². The summed E-state index contributed by atoms with van der Waals surface area (Å²) < 4.78 is 0. The zero-order valence-electron chi connectivity index (χ0n) is 22.4. The van der Waals surface area contributed by atoms with Crippen LogP contribution in [0.5, 0.6) is 0 Å². The predicted octanol–water partition coefficient (Wildman–Crippen LogP) is -0.829. The smallest absolute Gasteiger partial charge is 0.543 e. The quantitative estimate of drug-likeness (QED) is 0.132. The molecule has 2 aromatic heterocycles. The molecule has 0 aliphatic rings. The first kappa shape index (κ1) is 39.0. The molecule has 0 aliphatic heterocycles. The monoisotopic (exact) mass is 665 g/mol. The average Bonchev–Trinajstić information content (AvgIpc) is 2.96. The summed E-state index contributed by atoms with van der Waals surface area (Å²) in [6.45, 7) is 0. The van der Waals surface area contributed by atoms with Crippen molar-refractivity contribution in [2.24, 2.45) is 0 Å². The van der Waals surface area contributed by atoms with Gasteiger partial charge in [-0.3, -0.25) is 9.97 Å². The van der Waals surface area contributed by atoms with Gasteiger partial charge in [0.15, 0.2) is 0 Å². The molecule has 17 heteroatoms. The number of pyridine rings is 2. The van der Waals surface area contributed by atoms with Gasteiger partial charge in [0.1, 0.15) is 0 Å². The number of aromatic nitrogens is 2. The number of carbonyl (C=O) groups excluding carboxylic acids is 2. The summed E-state index contributed by atoms with van der Waals surface area (Å²) in [5, 5.41) is 57.3. The third kappa shape index (κ3) is 9.50. The first-order valence-corrected chi connectivity index (χ1v) is 11.4. The Kier molecular flexibility index (Phi) is 14.4. The third-order valence-electron chi connectivity index (χ3n) is 5.56. The van der Waals surface area contributed by atoms with Crippen molar-refractivity contribution in [1.82, 2.24) is 9.97 Å². The van der Waals surface area contributed by atoms with E-state index in [0.29, 0.717) is 11.1 Å². The van der Waals surface area contributed by atoms with Crippen LogP contribution in [0.1, 0.15) is 62.4 Å². The van der Waals surface area contributed by atoms with Crippen molar-refractivity contribution in [2.75, 3.05) is 0 Å². The molecule has 0 bridgehead atoms. The topological polar surface area (TPSA) is 321 Å². The van der Waals surface area contributed by atoms with Gasteiger partial charge >= 0.3 is 40.9 Å². The molecule has 0 atom stereocenters. The number of hydrogen-bond acceptors (Lipinski definition) is 10. The molecule has 4 rings (SSSR count). The molecule has 16 nitrogen and oxygen atoms in total. The molecule has 0 unspecified atom stereocenters. The van der Waals surface area contributed by atoms with Gasteiger partial charge < -0.3 is 51.2 Å². The molecule has 2 heterocycles. The van der Waals surface area contributed by atoms with Gasteiger partial charge in [0.05, 0.1) is 45.6 Å². The summed E-state index contributed by atoms with van der Waals surface area (Å²) in [5.41, 5.74) is -0.101. The van der Waals surface area contributed by atoms with Crippen molar-refractivity contribution >= 4 is 35.8 Å². The van der Waals surface area contributed by atoms with Crippen molar-refractivity contribution < 1.29 is 87.4 Å². The molecule has 0 saturated carbocycles. The van der Waals surface area contributed by atoms with Gasteiger partial charge in [-0.15, -0.1) is 0 Å². The number of rotatable bonds is 8. The van der Waals surface area contributed by atoms with E-state index < -0.39 is 35.8 Å². The molecule has 0 spiro atoms. The van der Waals surface area contributed by atoms with E-state index >= 15 is 0 Å². The number of carbonyl (C=O) groups is 6. The number of benzene rings is 2. The van der Waals surface area contributed by atoms with E-state index in [2.05, 4.69) is 9.97 Å². The molecule has 4 aromatic rings. The van der Waals surface area contributed by atoms with E-state index in [4.69, 9.17) is 20.4 Å². The van der Waals surface area contributed by atoms with Gasteiger partial charge in [-0.2, -0.15) is 0 Å². The van der Waals surface area contributed by atoms with Gasteiger partial charge in [-0.25, -0.2) is 19.2 Å². The number of nitrogens with zero attached hydrogens (tertiary/aromatic N) is 2. The minimum absolute atomic E-state index is 0. The Morgan fingerprint density at radius 2 is 0.844 bits per heavy atom. The second-order valence-corrected chi connectivity index (χ2v) is 8.18. The summed E-state index contributed by atoms with van der Waals surface area (Å²) in [6.07, 6.45) is 2.38. The Bertz CT molecular complexity index is 1610. The standard InChI is InChI=1S/2C14H9NO6.Mn.2H2O/c2*16-12(17)7-1-3-9(10(5-7)13(18)19)8-2-4-11(14(20)21)15-6-8;;;/h2*1-6H,(H,16,17)(H,18,19)(H,20,21);;2*1H2/q;;+2;;. The Morgan fingerprint density at radius 3 is 1.07 bits per heavy atom. The maximum absolute atomic E-state index is 11.2. The van der Waals surface area contributed by atoms with Crippen molar-refractivity contribution in [3.63, 3.8) is 0 Å². The molecule has 0 saturated heterocycles. The summed E-state index contributed by atoms with van der Waals surface area (Å²) >= 11 is 0. The Morgan fingerprint density at radius 1 is 0.511 bits per heavy atom. The van der Waals surface area contributed by atoms with Gasteiger partial charge in [0, 0.05) is 23.5 Å². The zero-order valence-corrected chi connectivity index (χ0v) is 23.6. The van der Waals surface area contributed by atoms with Crippen LogP contribution in [-0.2, 0) is 28.0 Å². The van der Waals surface area contributed by atoms with E-state index in [9.17, 15) is 39.0 Å². The van der Waals surface area contributed by atoms with Crippen LogP contribution in [0.15, 0.2) is 73.1 Å². The fourth-order valence-corrected chi connectivity index (χ4v) is 3.56. The van der Waals surface area contributed by atoms with Gasteiger partial charge in [-0.1, -0.05) is 24.3 Å². The van der Waals surface area contributed by atoms with Crippen LogP contribution in [0, 0.1) is 0 Å². The molecule has 0 fully saturated rings. The fourth-order valence-electron chi connectivity index (χ4n) is 3.56. The Hall–Kier alpha value is -6.00. The normalized spacial score (nSPS) is 9.42. The summed E-state index contributed by atoms with van der Waals surface area (Å²) in [7, 11) is 0. The van der Waals surface area contributed by atoms with Crippen LogP contribution < -0.4 is 10.2 Å². The number of aromatic carboxylic acids is 6. The van der Waals surface area contributed by atoms with E-state index in [1.165, 1.54) is 60.9 Å². The first-order chi connectivity index (χ1) is 19.8. The van der Waals surface area contributed by atoms with Crippen LogP contribution in [0.3, 0.4) is 0 Å². The van der Waals surface area contributed by atoms with Crippen LogP contribution >= 0.6 is 0 Å². The van der Waals surface area contributed by atoms with Crippen molar-refractivity contribution in [3.8, 4) is 22.3 Å². The van der Waals surface area contributed by atoms with E-state index in [-0.39, 0.29) is 72.8 Å². The maximum atomic E-state index is 11.2. The SMILES string of the molecule is O=C(O)c1ccc(-c2ccc(C(=O)[O-])nc2)c(C(=O)O)c1.O=C(O)c1ccc(-c2ccc(C(=O)[O-])nc2)c(C(=O)O)c1.[Mn+2].[OH3+].[OH3+]. The second-order valence-electron chi connectivity index (χ2n) is 8.18. The molecule has 10 N–H and O–H groups in total. The Labute approximate surface area is 262 Å². The molecular weight excluding hydrogens is 643 g/mol. The zero-order chi connectivity index (χ0) is 31.1. The predicted molar refractivity (Wildman–Crippen MR) is 146 cm³/mol. The third-order valence-corrected chi connectivity index (χ3v) is 5.56. The van der Waals surface area contributed by atoms with E-state index in [0.717, 1.165) is 12.1 Å². The second kappa shape index (κ2) is 16.6. The average molecular weight is 665 g/mol. The molecule has 0 aliphatic carbocycles. The van der Waals surface area contributed by atoms with Crippen molar-refractivity contribution in [3.05, 3.63) is 107 Å². The number of carboxylic acids is 6. The molecule has 0 amide bonds. The minimum atomic E-state index is -1.44.